The zero-order valence-electron chi connectivity index (χ0n) is 21.0. The first-order valence-corrected chi connectivity index (χ1v) is 12.6. The first kappa shape index (κ1) is 39.7. The number of hydrogen-bond acceptors (Lipinski definition) is 3. The van der Waals surface area contributed by atoms with Crippen molar-refractivity contribution in [2.24, 2.45) is 0 Å². The predicted molar refractivity (Wildman–Crippen MR) is 105 cm³/mol. The molecule has 22 heteroatoms. The van der Waals surface area contributed by atoms with E-state index in [4.69, 9.17) is 0 Å². The molecule has 248 valence electrons. The number of halogens is 17. The van der Waals surface area contributed by atoms with E-state index in [2.05, 4.69) is 20.9 Å². The van der Waals surface area contributed by atoms with Crippen LogP contribution >= 0.6 is 0 Å². The summed E-state index contributed by atoms with van der Waals surface area (Å²) in [5.74, 6) is -52.1. The van der Waals surface area contributed by atoms with E-state index in [1.54, 1.807) is 0 Å². The average molecular weight is 669 g/mol. The molecule has 4 nitrogen and oxygen atoms in total. The SMILES string of the molecule is CC[N+](C)(CC)C1CCCCC1.O=S(=O)([O-])C(F)(F)C(F)(F)C(F)(F)C(F)(F)C(F)(F)C(F)(F)C(F)(F)C(F)(F)F. The second kappa shape index (κ2) is 11.6. The molecule has 0 radical (unpaired) electrons. The first-order chi connectivity index (χ1) is 17.7. The molecule has 1 fully saturated rings. The maximum absolute atomic E-state index is 13.0. The van der Waals surface area contributed by atoms with Gasteiger partial charge < -0.3 is 9.04 Å². The topological polar surface area (TPSA) is 57.2 Å². The molecule has 0 amide bonds. The Morgan fingerprint density at radius 3 is 1.15 bits per heavy atom. The Labute approximate surface area is 222 Å². The van der Waals surface area contributed by atoms with Crippen molar-refractivity contribution in [3.05, 3.63) is 0 Å². The van der Waals surface area contributed by atoms with Crippen molar-refractivity contribution >= 4 is 10.1 Å². The van der Waals surface area contributed by atoms with Gasteiger partial charge in [0.1, 0.15) is 0 Å². The Balaban J connectivity index is 0.00000110. The van der Waals surface area contributed by atoms with Crippen molar-refractivity contribution < 1.29 is 92.1 Å². The Kier molecular flexibility index (Phi) is 11.3. The van der Waals surface area contributed by atoms with E-state index in [1.807, 2.05) is 0 Å². The lowest BCUT2D eigenvalue weighted by Gasteiger charge is -2.42. The molecule has 1 saturated carbocycles. The van der Waals surface area contributed by atoms with Gasteiger partial charge in [0, 0.05) is 0 Å². The third-order valence-electron chi connectivity index (χ3n) is 6.91. The van der Waals surface area contributed by atoms with Gasteiger partial charge in [0.25, 0.3) is 0 Å². The number of quaternary nitrogens is 1. The van der Waals surface area contributed by atoms with E-state index in [-0.39, 0.29) is 0 Å². The molecule has 0 aromatic carbocycles. The lowest BCUT2D eigenvalue weighted by Crippen LogP contribution is -2.75. The monoisotopic (exact) mass is 669 g/mol. The molecule has 0 N–H and O–H groups in total. The first-order valence-electron chi connectivity index (χ1n) is 11.2. The Morgan fingerprint density at radius 1 is 0.585 bits per heavy atom. The van der Waals surface area contributed by atoms with Crippen molar-refractivity contribution in [3.63, 3.8) is 0 Å². The largest absolute Gasteiger partial charge is 0.743 e. The minimum absolute atomic E-state index is 0.966. The second-order valence-electron chi connectivity index (χ2n) is 9.32. The Hall–Kier alpha value is -1.32. The highest BCUT2D eigenvalue weighted by molar-refractivity contribution is 7.86. The fourth-order valence-corrected chi connectivity index (χ4v) is 4.19. The van der Waals surface area contributed by atoms with Crippen LogP contribution in [0.5, 0.6) is 0 Å². The molecule has 0 aromatic heterocycles. The fraction of sp³-hybridized carbons (Fsp3) is 1.00. The summed E-state index contributed by atoms with van der Waals surface area (Å²) in [6.45, 7) is 7.28. The van der Waals surface area contributed by atoms with Crippen molar-refractivity contribution in [2.75, 3.05) is 20.1 Å². The highest BCUT2D eigenvalue weighted by Gasteiger charge is 2.95. The average Bonchev–Trinajstić information content (AvgIpc) is 2.82. The number of hydrogen-bond donors (Lipinski definition) is 0. The van der Waals surface area contributed by atoms with Gasteiger partial charge in [-0.15, -0.1) is 0 Å². The van der Waals surface area contributed by atoms with Gasteiger partial charge in [-0.1, -0.05) is 6.42 Å². The quantitative estimate of drug-likeness (QED) is 0.139. The molecule has 0 saturated heterocycles. The minimum atomic E-state index is -8.92. The van der Waals surface area contributed by atoms with Crippen LogP contribution in [0.1, 0.15) is 46.0 Å². The van der Waals surface area contributed by atoms with Crippen LogP contribution in [0.15, 0.2) is 0 Å². The van der Waals surface area contributed by atoms with Crippen LogP contribution in [-0.2, 0) is 10.1 Å². The Morgan fingerprint density at radius 2 is 0.878 bits per heavy atom. The van der Waals surface area contributed by atoms with E-state index in [0.29, 0.717) is 0 Å². The lowest BCUT2D eigenvalue weighted by atomic mass is 9.91. The minimum Gasteiger partial charge on any atom is -0.743 e. The van der Waals surface area contributed by atoms with Crippen molar-refractivity contribution in [2.45, 2.75) is 99.0 Å². The van der Waals surface area contributed by atoms with E-state index in [9.17, 15) is 87.6 Å². The van der Waals surface area contributed by atoms with Crippen molar-refractivity contribution in [1.29, 1.82) is 0 Å². The van der Waals surface area contributed by atoms with Gasteiger partial charge in [-0.2, -0.15) is 74.6 Å². The number of rotatable bonds is 10. The predicted octanol–water partition coefficient (Wildman–Crippen LogP) is 7.30. The Bertz CT molecular complexity index is 985. The molecule has 0 atom stereocenters. The summed E-state index contributed by atoms with van der Waals surface area (Å²) < 4.78 is 245. The van der Waals surface area contributed by atoms with Crippen molar-refractivity contribution in [3.8, 4) is 0 Å². The lowest BCUT2D eigenvalue weighted by molar-refractivity contribution is -0.931. The number of nitrogens with zero attached hydrogens (tertiary/aromatic N) is 1. The fourth-order valence-electron chi connectivity index (χ4n) is 3.75. The summed E-state index contributed by atoms with van der Waals surface area (Å²) in [4.78, 5) is 0. The normalized spacial score (nSPS) is 18.2. The molecule has 0 aliphatic heterocycles. The summed E-state index contributed by atoms with van der Waals surface area (Å²) in [5.41, 5.74) is 0. The van der Waals surface area contributed by atoms with Gasteiger partial charge in [-0.3, -0.25) is 0 Å². The van der Waals surface area contributed by atoms with E-state index >= 15 is 0 Å². The smallest absolute Gasteiger partial charge is 0.460 e. The van der Waals surface area contributed by atoms with Gasteiger partial charge in [-0.05, 0) is 39.5 Å². The summed E-state index contributed by atoms with van der Waals surface area (Å²) >= 11 is 0. The van der Waals surface area contributed by atoms with Gasteiger partial charge in [0.05, 0.1) is 26.2 Å². The summed E-state index contributed by atoms with van der Waals surface area (Å²) in [6.07, 6.45) is -0.534. The highest BCUT2D eigenvalue weighted by Crippen LogP contribution is 2.64. The van der Waals surface area contributed by atoms with Crippen LogP contribution in [-0.4, -0.2) is 90.6 Å². The molecule has 1 aliphatic rings. The molecule has 0 spiro atoms. The van der Waals surface area contributed by atoms with Gasteiger partial charge in [0.15, 0.2) is 10.1 Å². The van der Waals surface area contributed by atoms with Gasteiger partial charge in [0.2, 0.25) is 0 Å². The molecule has 1 aliphatic carbocycles. The summed E-state index contributed by atoms with van der Waals surface area (Å²) in [7, 11) is -5.72. The van der Waals surface area contributed by atoms with Gasteiger partial charge >= 0.3 is 47.0 Å². The molecular formula is C19H24F17NO3S. The zero-order valence-corrected chi connectivity index (χ0v) is 21.8. The van der Waals surface area contributed by atoms with Crippen LogP contribution in [0, 0.1) is 0 Å². The number of alkyl halides is 17. The van der Waals surface area contributed by atoms with Crippen LogP contribution < -0.4 is 0 Å². The zero-order chi connectivity index (χ0) is 33.5. The van der Waals surface area contributed by atoms with E-state index < -0.39 is 57.1 Å². The van der Waals surface area contributed by atoms with E-state index in [1.165, 1.54) is 49.7 Å². The maximum Gasteiger partial charge on any atom is 0.460 e. The van der Waals surface area contributed by atoms with Crippen LogP contribution in [0.4, 0.5) is 74.6 Å². The van der Waals surface area contributed by atoms with Gasteiger partial charge in [-0.25, -0.2) is 8.42 Å². The van der Waals surface area contributed by atoms with Crippen LogP contribution in [0.3, 0.4) is 0 Å². The molecule has 41 heavy (non-hydrogen) atoms. The second-order valence-corrected chi connectivity index (χ2v) is 10.7. The summed E-state index contributed by atoms with van der Waals surface area (Å²) in [5, 5.41) is -7.95. The van der Waals surface area contributed by atoms with Crippen LogP contribution in [0.25, 0.3) is 0 Å². The van der Waals surface area contributed by atoms with Crippen LogP contribution in [0.2, 0.25) is 0 Å². The molecular weight excluding hydrogens is 645 g/mol. The standard InChI is InChI=1S/C11H24N.C8HF17O3S/c1-4-12(3,5-2)11-9-7-6-8-10-11;9-1(10,3(13,14)5(17,18)7(21,22)23)2(11,12)4(15,16)6(19,20)8(24,25)29(26,27)28/h11H,4-10H2,1-3H3;(H,26,27,28)/q+1;/p-1. The molecule has 0 unspecified atom stereocenters. The van der Waals surface area contributed by atoms with Crippen molar-refractivity contribution in [1.82, 2.24) is 0 Å². The third kappa shape index (κ3) is 6.33. The molecule has 1 rings (SSSR count). The highest BCUT2D eigenvalue weighted by atomic mass is 32.2. The molecule has 0 heterocycles. The molecule has 0 aromatic rings. The maximum atomic E-state index is 13.0. The third-order valence-corrected chi connectivity index (χ3v) is 7.79. The van der Waals surface area contributed by atoms with E-state index in [0.717, 1.165) is 6.04 Å². The molecule has 0 bridgehead atoms. The summed E-state index contributed by atoms with van der Waals surface area (Å²) in [6, 6.07) is 0.966.